The predicted molar refractivity (Wildman–Crippen MR) is 112 cm³/mol. The van der Waals surface area contributed by atoms with Crippen molar-refractivity contribution in [2.75, 3.05) is 7.11 Å². The van der Waals surface area contributed by atoms with Crippen LogP contribution < -0.4 is 0 Å². The number of benzene rings is 2. The molecule has 0 spiro atoms. The molecule has 0 N–H and O–H groups in total. The average molecular weight is 431 g/mol. The molecule has 2 aromatic rings. The molecule has 30 heavy (non-hydrogen) atoms. The third kappa shape index (κ3) is 3.99. The van der Waals surface area contributed by atoms with Gasteiger partial charge in [-0.3, -0.25) is 4.79 Å². The molecule has 160 valence electrons. The minimum Gasteiger partial charge on any atom is -0.465 e. The Labute approximate surface area is 177 Å². The molecule has 0 unspecified atom stereocenters. The molecule has 0 amide bonds. The van der Waals surface area contributed by atoms with Gasteiger partial charge in [-0.2, -0.15) is 0 Å². The van der Waals surface area contributed by atoms with Crippen molar-refractivity contribution < 1.29 is 27.5 Å². The number of methoxy groups -OCH3 is 1. The number of carbonyl (C=O) groups is 2. The van der Waals surface area contributed by atoms with Gasteiger partial charge in [0.15, 0.2) is 14.6 Å². The fourth-order valence-electron chi connectivity index (χ4n) is 3.92. The summed E-state index contributed by atoms with van der Waals surface area (Å²) in [5, 5.41) is 0. The number of aryl methyl sites for hydroxylation is 2. The van der Waals surface area contributed by atoms with Crippen LogP contribution in [0.3, 0.4) is 0 Å². The van der Waals surface area contributed by atoms with E-state index in [2.05, 4.69) is 0 Å². The van der Waals surface area contributed by atoms with Crippen LogP contribution in [0.1, 0.15) is 52.7 Å². The Hall–Kier alpha value is -2.67. The van der Waals surface area contributed by atoms with E-state index in [4.69, 9.17) is 9.47 Å². The number of hydrogen-bond donors (Lipinski definition) is 0. The van der Waals surface area contributed by atoms with Crippen LogP contribution in [-0.4, -0.2) is 32.2 Å². The van der Waals surface area contributed by atoms with Gasteiger partial charge >= 0.3 is 11.9 Å². The minimum absolute atomic E-state index is 0.117. The van der Waals surface area contributed by atoms with Gasteiger partial charge in [0.25, 0.3) is 0 Å². The number of ether oxygens (including phenoxy) is 2. The second-order valence-electron chi connectivity index (χ2n) is 7.74. The molecule has 1 aliphatic carbocycles. The highest BCUT2D eigenvalue weighted by Crippen LogP contribution is 2.42. The highest BCUT2D eigenvalue weighted by Gasteiger charge is 2.54. The van der Waals surface area contributed by atoms with Gasteiger partial charge in [-0.25, -0.2) is 13.2 Å². The van der Waals surface area contributed by atoms with Crippen molar-refractivity contribution >= 4 is 21.8 Å². The zero-order valence-corrected chi connectivity index (χ0v) is 18.3. The molecule has 0 aromatic heterocycles. The van der Waals surface area contributed by atoms with Crippen molar-refractivity contribution in [3.05, 3.63) is 64.7 Å². The van der Waals surface area contributed by atoms with Gasteiger partial charge in [-0.1, -0.05) is 37.1 Å². The smallest absolute Gasteiger partial charge is 0.337 e. The number of hydrogen-bond acceptors (Lipinski definition) is 6. The van der Waals surface area contributed by atoms with Gasteiger partial charge in [-0.05, 0) is 61.6 Å². The van der Waals surface area contributed by atoms with Crippen molar-refractivity contribution in [1.29, 1.82) is 0 Å². The maximum Gasteiger partial charge on any atom is 0.337 e. The summed E-state index contributed by atoms with van der Waals surface area (Å²) < 4.78 is 35.8. The van der Waals surface area contributed by atoms with E-state index >= 15 is 0 Å². The fraction of sp³-hybridized carbons (Fsp3) is 0.391. The number of rotatable bonds is 6. The summed E-state index contributed by atoms with van der Waals surface area (Å²) in [5.41, 5.74) is 2.36. The van der Waals surface area contributed by atoms with E-state index in [0.29, 0.717) is 29.5 Å². The monoisotopic (exact) mass is 430 g/mol. The summed E-state index contributed by atoms with van der Waals surface area (Å²) in [6, 6.07) is 11.8. The van der Waals surface area contributed by atoms with Gasteiger partial charge in [-0.15, -0.1) is 0 Å². The maximum atomic E-state index is 13.6. The maximum absolute atomic E-state index is 13.6. The molecule has 0 aliphatic heterocycles. The summed E-state index contributed by atoms with van der Waals surface area (Å²) in [7, 11) is -2.64. The summed E-state index contributed by atoms with van der Waals surface area (Å²) in [4.78, 5) is 25.0. The highest BCUT2D eigenvalue weighted by atomic mass is 32.2. The van der Waals surface area contributed by atoms with Crippen LogP contribution in [-0.2, 0) is 30.7 Å². The summed E-state index contributed by atoms with van der Waals surface area (Å²) in [5.74, 6) is -1.22. The molecule has 0 radical (unpaired) electrons. The second kappa shape index (κ2) is 8.60. The molecule has 7 heteroatoms. The quantitative estimate of drug-likeness (QED) is 0.646. The first-order valence-electron chi connectivity index (χ1n) is 9.88. The van der Waals surface area contributed by atoms with Crippen molar-refractivity contribution in [2.24, 2.45) is 0 Å². The summed E-state index contributed by atoms with van der Waals surface area (Å²) in [6.07, 6.45) is 1.78. The summed E-state index contributed by atoms with van der Waals surface area (Å²) >= 11 is 0. The highest BCUT2D eigenvalue weighted by molar-refractivity contribution is 7.93. The van der Waals surface area contributed by atoms with Crippen molar-refractivity contribution in [3.8, 4) is 0 Å². The van der Waals surface area contributed by atoms with E-state index < -0.39 is 26.5 Å². The molecule has 0 bridgehead atoms. The molecule has 0 saturated heterocycles. The largest absolute Gasteiger partial charge is 0.465 e. The van der Waals surface area contributed by atoms with E-state index in [-0.39, 0.29) is 24.3 Å². The van der Waals surface area contributed by atoms with E-state index in [1.807, 2.05) is 13.0 Å². The van der Waals surface area contributed by atoms with E-state index in [9.17, 15) is 18.0 Å². The normalized spacial score (nSPS) is 15.6. The Balaban J connectivity index is 1.88. The van der Waals surface area contributed by atoms with Crippen LogP contribution in [0, 0.1) is 13.8 Å². The third-order valence-electron chi connectivity index (χ3n) is 5.65. The Morgan fingerprint density at radius 2 is 1.73 bits per heavy atom. The Morgan fingerprint density at radius 1 is 1.03 bits per heavy atom. The van der Waals surface area contributed by atoms with Crippen LogP contribution in [0.25, 0.3) is 0 Å². The standard InChI is InChI=1S/C23H26O6S/c1-16-9-10-17(2)20(13-16)30(26,27)23(11-4-5-12-23)22(25)29-15-18-7-6-8-19(14-18)21(24)28-3/h6-10,13-14H,4-5,11-12,15H2,1-3H3. The Kier molecular flexibility index (Phi) is 6.31. The number of sulfone groups is 1. The molecule has 0 atom stereocenters. The predicted octanol–water partition coefficient (Wildman–Crippen LogP) is 3.92. The van der Waals surface area contributed by atoms with Crippen molar-refractivity contribution in [3.63, 3.8) is 0 Å². The van der Waals surface area contributed by atoms with Crippen LogP contribution in [0.15, 0.2) is 47.4 Å². The molecular formula is C23H26O6S. The summed E-state index contributed by atoms with van der Waals surface area (Å²) in [6.45, 7) is 3.44. The molecule has 3 rings (SSSR count). The molecule has 2 aromatic carbocycles. The first-order valence-corrected chi connectivity index (χ1v) is 11.4. The lowest BCUT2D eigenvalue weighted by atomic mass is 10.1. The van der Waals surface area contributed by atoms with Gasteiger partial charge < -0.3 is 9.47 Å². The zero-order chi connectivity index (χ0) is 21.9. The molecule has 1 aliphatic rings. The first-order chi connectivity index (χ1) is 14.2. The minimum atomic E-state index is -3.93. The van der Waals surface area contributed by atoms with E-state index in [1.54, 1.807) is 43.3 Å². The SMILES string of the molecule is COC(=O)c1cccc(COC(=O)C2(S(=O)(=O)c3cc(C)ccc3C)CCCC2)c1. The van der Waals surface area contributed by atoms with Crippen LogP contribution in [0.4, 0.5) is 0 Å². The van der Waals surface area contributed by atoms with Crippen molar-refractivity contribution in [1.82, 2.24) is 0 Å². The van der Waals surface area contributed by atoms with Crippen LogP contribution >= 0.6 is 0 Å². The average Bonchev–Trinajstić information content (AvgIpc) is 3.25. The molecular weight excluding hydrogens is 404 g/mol. The lowest BCUT2D eigenvalue weighted by Crippen LogP contribution is -2.45. The van der Waals surface area contributed by atoms with E-state index in [1.165, 1.54) is 7.11 Å². The second-order valence-corrected chi connectivity index (χ2v) is 9.97. The molecule has 1 saturated carbocycles. The third-order valence-corrected chi connectivity index (χ3v) is 8.27. The number of carbonyl (C=O) groups excluding carboxylic acids is 2. The zero-order valence-electron chi connectivity index (χ0n) is 17.4. The van der Waals surface area contributed by atoms with Crippen LogP contribution in [0.2, 0.25) is 0 Å². The molecule has 6 nitrogen and oxygen atoms in total. The lowest BCUT2D eigenvalue weighted by Gasteiger charge is -2.27. The topological polar surface area (TPSA) is 86.7 Å². The van der Waals surface area contributed by atoms with Crippen molar-refractivity contribution in [2.45, 2.75) is 55.8 Å². The van der Waals surface area contributed by atoms with Gasteiger partial charge in [0.05, 0.1) is 17.6 Å². The lowest BCUT2D eigenvalue weighted by molar-refractivity contribution is -0.148. The fourth-order valence-corrected chi connectivity index (χ4v) is 6.28. The van der Waals surface area contributed by atoms with E-state index in [0.717, 1.165) is 5.56 Å². The van der Waals surface area contributed by atoms with Gasteiger partial charge in [0.2, 0.25) is 0 Å². The van der Waals surface area contributed by atoms with Gasteiger partial charge in [0, 0.05) is 0 Å². The number of esters is 2. The van der Waals surface area contributed by atoms with Crippen LogP contribution in [0.5, 0.6) is 0 Å². The molecule has 1 fully saturated rings. The Bertz CT molecular complexity index is 1060. The molecule has 0 heterocycles. The van der Waals surface area contributed by atoms with Gasteiger partial charge in [0.1, 0.15) is 6.61 Å². The first kappa shape index (κ1) is 22.0. The Morgan fingerprint density at radius 3 is 2.40 bits per heavy atom.